The van der Waals surface area contributed by atoms with Crippen molar-refractivity contribution in [3.05, 3.63) is 24.3 Å². The molecule has 0 atom stereocenters. The molecule has 0 heterocycles. The zero-order valence-electron chi connectivity index (χ0n) is 11.1. The highest BCUT2D eigenvalue weighted by molar-refractivity contribution is 7.90. The smallest absolute Gasteiger partial charge is 0.175 e. The lowest BCUT2D eigenvalue weighted by Crippen LogP contribution is -2.40. The quantitative estimate of drug-likeness (QED) is 0.831. The number of aliphatic hydroxyl groups excluding tert-OH is 1. The molecule has 0 spiro atoms. The van der Waals surface area contributed by atoms with E-state index in [1.165, 1.54) is 6.26 Å². The highest BCUT2D eigenvalue weighted by Crippen LogP contribution is 2.23. The monoisotopic (exact) mass is 271 g/mol. The van der Waals surface area contributed by atoms with E-state index in [9.17, 15) is 13.5 Å². The zero-order valence-corrected chi connectivity index (χ0v) is 11.9. The van der Waals surface area contributed by atoms with Crippen molar-refractivity contribution in [3.63, 3.8) is 0 Å². The molecular formula is C13H21NO3S. The first-order chi connectivity index (χ1) is 8.37. The van der Waals surface area contributed by atoms with Crippen LogP contribution < -0.4 is 5.32 Å². The number of sulfone groups is 1. The molecule has 18 heavy (non-hydrogen) atoms. The maximum atomic E-state index is 11.3. The van der Waals surface area contributed by atoms with Gasteiger partial charge in [-0.05, 0) is 37.1 Å². The average Bonchev–Trinajstić information content (AvgIpc) is 2.36. The van der Waals surface area contributed by atoms with E-state index in [0.717, 1.165) is 18.5 Å². The Labute approximate surface area is 109 Å². The predicted molar refractivity (Wildman–Crippen MR) is 73.6 cm³/mol. The molecule has 0 aliphatic rings. The SMILES string of the molecule is CCC(CC)(CO)Nc1ccc(S(C)(=O)=O)cc1. The van der Waals surface area contributed by atoms with Crippen molar-refractivity contribution in [2.24, 2.45) is 0 Å². The molecule has 0 saturated carbocycles. The summed E-state index contributed by atoms with van der Waals surface area (Å²) in [6, 6.07) is 6.61. The van der Waals surface area contributed by atoms with Gasteiger partial charge in [0.05, 0.1) is 17.0 Å². The lowest BCUT2D eigenvalue weighted by atomic mass is 9.93. The fraction of sp³-hybridized carbons (Fsp3) is 0.538. The minimum atomic E-state index is -3.16. The number of nitrogens with one attached hydrogen (secondary N) is 1. The summed E-state index contributed by atoms with van der Waals surface area (Å²) in [6.45, 7) is 4.07. The highest BCUT2D eigenvalue weighted by atomic mass is 32.2. The fourth-order valence-corrected chi connectivity index (χ4v) is 2.41. The van der Waals surface area contributed by atoms with Crippen LogP contribution >= 0.6 is 0 Å². The molecule has 0 aromatic heterocycles. The number of benzene rings is 1. The van der Waals surface area contributed by atoms with Crippen LogP contribution in [0.25, 0.3) is 0 Å². The van der Waals surface area contributed by atoms with Crippen LogP contribution in [0.15, 0.2) is 29.2 Å². The number of rotatable bonds is 6. The second-order valence-corrected chi connectivity index (χ2v) is 6.58. The molecule has 1 aromatic carbocycles. The van der Waals surface area contributed by atoms with Gasteiger partial charge < -0.3 is 10.4 Å². The van der Waals surface area contributed by atoms with Gasteiger partial charge in [-0.2, -0.15) is 0 Å². The Morgan fingerprint density at radius 3 is 2.00 bits per heavy atom. The molecule has 0 aliphatic carbocycles. The average molecular weight is 271 g/mol. The molecule has 0 aliphatic heterocycles. The van der Waals surface area contributed by atoms with Crippen molar-refractivity contribution in [1.29, 1.82) is 0 Å². The molecule has 5 heteroatoms. The lowest BCUT2D eigenvalue weighted by molar-refractivity contribution is 0.202. The first-order valence-corrected chi connectivity index (χ1v) is 7.95. The molecule has 4 nitrogen and oxygen atoms in total. The molecule has 1 aromatic rings. The van der Waals surface area contributed by atoms with Crippen LogP contribution in [0.5, 0.6) is 0 Å². The molecule has 0 unspecified atom stereocenters. The first-order valence-electron chi connectivity index (χ1n) is 6.06. The molecule has 0 radical (unpaired) electrons. The summed E-state index contributed by atoms with van der Waals surface area (Å²) >= 11 is 0. The number of hydrogen-bond donors (Lipinski definition) is 2. The van der Waals surface area contributed by atoms with Crippen molar-refractivity contribution >= 4 is 15.5 Å². The standard InChI is InChI=1S/C13H21NO3S/c1-4-13(5-2,10-15)14-11-6-8-12(9-7-11)18(3,16)17/h6-9,14-15H,4-5,10H2,1-3H3. The Morgan fingerprint density at radius 1 is 1.17 bits per heavy atom. The van der Waals surface area contributed by atoms with Gasteiger partial charge in [0.25, 0.3) is 0 Å². The molecule has 2 N–H and O–H groups in total. The summed E-state index contributed by atoms with van der Waals surface area (Å²) in [5.41, 5.74) is 0.479. The first kappa shape index (κ1) is 15.0. The third kappa shape index (κ3) is 3.46. The normalized spacial score (nSPS) is 12.4. The van der Waals surface area contributed by atoms with Gasteiger partial charge in [-0.1, -0.05) is 13.8 Å². The van der Waals surface area contributed by atoms with Gasteiger partial charge in [-0.3, -0.25) is 0 Å². The van der Waals surface area contributed by atoms with E-state index in [1.807, 2.05) is 13.8 Å². The van der Waals surface area contributed by atoms with Crippen LogP contribution in [-0.2, 0) is 9.84 Å². The Kier molecular flexibility index (Phi) is 4.76. The van der Waals surface area contributed by atoms with Crippen LogP contribution in [-0.4, -0.2) is 31.9 Å². The topological polar surface area (TPSA) is 66.4 Å². The summed E-state index contributed by atoms with van der Waals surface area (Å²) in [6.07, 6.45) is 2.78. The van der Waals surface area contributed by atoms with Crippen LogP contribution in [0.1, 0.15) is 26.7 Å². The van der Waals surface area contributed by atoms with E-state index < -0.39 is 9.84 Å². The minimum Gasteiger partial charge on any atom is -0.394 e. The summed E-state index contributed by atoms with van der Waals surface area (Å²) in [5, 5.41) is 12.7. The van der Waals surface area contributed by atoms with E-state index >= 15 is 0 Å². The number of hydrogen-bond acceptors (Lipinski definition) is 4. The van der Waals surface area contributed by atoms with Crippen molar-refractivity contribution in [3.8, 4) is 0 Å². The van der Waals surface area contributed by atoms with Gasteiger partial charge in [0.15, 0.2) is 9.84 Å². The van der Waals surface area contributed by atoms with E-state index in [2.05, 4.69) is 5.32 Å². The Bertz CT molecular complexity index is 467. The lowest BCUT2D eigenvalue weighted by Gasteiger charge is -2.32. The van der Waals surface area contributed by atoms with Gasteiger partial charge in [0.2, 0.25) is 0 Å². The fourth-order valence-electron chi connectivity index (χ4n) is 1.78. The molecule has 0 bridgehead atoms. The molecule has 0 saturated heterocycles. The van der Waals surface area contributed by atoms with Crippen LogP contribution in [0.4, 0.5) is 5.69 Å². The predicted octanol–water partition coefficient (Wildman–Crippen LogP) is 2.05. The molecule has 1 rings (SSSR count). The van der Waals surface area contributed by atoms with Crippen LogP contribution in [0.3, 0.4) is 0 Å². The Morgan fingerprint density at radius 2 is 1.67 bits per heavy atom. The maximum absolute atomic E-state index is 11.3. The Hall–Kier alpha value is -1.07. The van der Waals surface area contributed by atoms with Crippen molar-refractivity contribution in [1.82, 2.24) is 0 Å². The largest absolute Gasteiger partial charge is 0.394 e. The van der Waals surface area contributed by atoms with Crippen molar-refractivity contribution in [2.45, 2.75) is 37.1 Å². The van der Waals surface area contributed by atoms with Crippen LogP contribution in [0.2, 0.25) is 0 Å². The van der Waals surface area contributed by atoms with E-state index in [0.29, 0.717) is 4.90 Å². The van der Waals surface area contributed by atoms with Gasteiger partial charge in [0.1, 0.15) is 0 Å². The van der Waals surface area contributed by atoms with E-state index in [1.54, 1.807) is 24.3 Å². The number of anilines is 1. The zero-order chi connectivity index (χ0) is 13.8. The molecule has 0 amide bonds. The Balaban J connectivity index is 2.93. The van der Waals surface area contributed by atoms with E-state index in [4.69, 9.17) is 0 Å². The molecule has 102 valence electrons. The second kappa shape index (κ2) is 5.71. The third-order valence-corrected chi connectivity index (χ3v) is 4.48. The summed E-state index contributed by atoms with van der Waals surface area (Å²) in [5.74, 6) is 0. The van der Waals surface area contributed by atoms with Gasteiger partial charge >= 0.3 is 0 Å². The van der Waals surface area contributed by atoms with E-state index in [-0.39, 0.29) is 12.1 Å². The van der Waals surface area contributed by atoms with Gasteiger partial charge in [-0.25, -0.2) is 8.42 Å². The van der Waals surface area contributed by atoms with Crippen molar-refractivity contribution < 1.29 is 13.5 Å². The van der Waals surface area contributed by atoms with Crippen LogP contribution in [0, 0.1) is 0 Å². The molecule has 0 fully saturated rings. The summed E-state index contributed by atoms with van der Waals surface area (Å²) in [7, 11) is -3.16. The van der Waals surface area contributed by atoms with Crippen molar-refractivity contribution in [2.75, 3.05) is 18.2 Å². The summed E-state index contributed by atoms with van der Waals surface area (Å²) < 4.78 is 22.7. The molecular weight excluding hydrogens is 250 g/mol. The highest BCUT2D eigenvalue weighted by Gasteiger charge is 2.24. The maximum Gasteiger partial charge on any atom is 0.175 e. The van der Waals surface area contributed by atoms with Gasteiger partial charge in [-0.15, -0.1) is 0 Å². The summed E-state index contributed by atoms with van der Waals surface area (Å²) in [4.78, 5) is 0.302. The minimum absolute atomic E-state index is 0.0494. The number of aliphatic hydroxyl groups is 1. The van der Waals surface area contributed by atoms with Gasteiger partial charge in [0, 0.05) is 11.9 Å². The second-order valence-electron chi connectivity index (χ2n) is 4.57. The third-order valence-electron chi connectivity index (χ3n) is 3.35.